The molecule has 4 nitrogen and oxygen atoms in total. The SMILES string of the molecule is NCC(c1ccncc1)N1CCCCOCC1. The van der Waals surface area contributed by atoms with Gasteiger partial charge in [-0.3, -0.25) is 9.88 Å². The van der Waals surface area contributed by atoms with E-state index in [4.69, 9.17) is 10.5 Å². The van der Waals surface area contributed by atoms with Gasteiger partial charge in [0.05, 0.1) is 6.61 Å². The van der Waals surface area contributed by atoms with Crippen molar-refractivity contribution < 1.29 is 4.74 Å². The van der Waals surface area contributed by atoms with Gasteiger partial charge in [0.15, 0.2) is 0 Å². The maximum atomic E-state index is 5.92. The third kappa shape index (κ3) is 3.49. The van der Waals surface area contributed by atoms with Crippen LogP contribution in [0, 0.1) is 0 Å². The zero-order valence-electron chi connectivity index (χ0n) is 10.2. The highest BCUT2D eigenvalue weighted by Gasteiger charge is 2.19. The van der Waals surface area contributed by atoms with Crippen molar-refractivity contribution in [2.75, 3.05) is 32.8 Å². The Morgan fingerprint density at radius 3 is 2.82 bits per heavy atom. The molecule has 2 rings (SSSR count). The van der Waals surface area contributed by atoms with Crippen LogP contribution < -0.4 is 5.73 Å². The summed E-state index contributed by atoms with van der Waals surface area (Å²) in [7, 11) is 0. The van der Waals surface area contributed by atoms with Gasteiger partial charge in [-0.05, 0) is 37.1 Å². The Balaban J connectivity index is 2.05. The van der Waals surface area contributed by atoms with Crippen LogP contribution in [0.2, 0.25) is 0 Å². The normalized spacial score (nSPS) is 20.5. The standard InChI is InChI=1S/C13H21N3O/c14-11-13(12-3-5-15-6-4-12)16-7-1-2-9-17-10-8-16/h3-6,13H,1-2,7-11,14H2. The second-order valence-electron chi connectivity index (χ2n) is 4.39. The van der Waals surface area contributed by atoms with Gasteiger partial charge >= 0.3 is 0 Å². The van der Waals surface area contributed by atoms with Crippen LogP contribution in [0.15, 0.2) is 24.5 Å². The lowest BCUT2D eigenvalue weighted by Crippen LogP contribution is -2.38. The van der Waals surface area contributed by atoms with E-state index in [0.717, 1.165) is 32.7 Å². The van der Waals surface area contributed by atoms with Gasteiger partial charge in [0.1, 0.15) is 0 Å². The third-order valence-electron chi connectivity index (χ3n) is 3.26. The van der Waals surface area contributed by atoms with Gasteiger partial charge in [-0.15, -0.1) is 0 Å². The summed E-state index contributed by atoms with van der Waals surface area (Å²) in [6.07, 6.45) is 5.99. The molecule has 0 aliphatic carbocycles. The summed E-state index contributed by atoms with van der Waals surface area (Å²) in [6, 6.07) is 4.40. The molecule has 4 heteroatoms. The molecule has 0 saturated carbocycles. The number of pyridine rings is 1. The van der Waals surface area contributed by atoms with Gasteiger partial charge in [-0.1, -0.05) is 0 Å². The third-order valence-corrected chi connectivity index (χ3v) is 3.26. The summed E-state index contributed by atoms with van der Waals surface area (Å²) in [5.41, 5.74) is 7.18. The van der Waals surface area contributed by atoms with Crippen LogP contribution in [0.3, 0.4) is 0 Å². The number of nitrogens with zero attached hydrogens (tertiary/aromatic N) is 2. The lowest BCUT2D eigenvalue weighted by atomic mass is 10.1. The first-order valence-electron chi connectivity index (χ1n) is 6.33. The largest absolute Gasteiger partial charge is 0.380 e. The molecule has 1 saturated heterocycles. The van der Waals surface area contributed by atoms with Crippen molar-refractivity contribution in [3.05, 3.63) is 30.1 Å². The molecule has 2 heterocycles. The van der Waals surface area contributed by atoms with Gasteiger partial charge in [0.25, 0.3) is 0 Å². The topological polar surface area (TPSA) is 51.4 Å². The van der Waals surface area contributed by atoms with Crippen molar-refractivity contribution in [3.63, 3.8) is 0 Å². The van der Waals surface area contributed by atoms with E-state index in [1.54, 1.807) is 0 Å². The van der Waals surface area contributed by atoms with E-state index in [0.29, 0.717) is 12.6 Å². The number of rotatable bonds is 3. The second kappa shape index (κ2) is 6.69. The van der Waals surface area contributed by atoms with E-state index >= 15 is 0 Å². The van der Waals surface area contributed by atoms with Crippen LogP contribution in [-0.4, -0.2) is 42.7 Å². The maximum Gasteiger partial charge on any atom is 0.0593 e. The quantitative estimate of drug-likeness (QED) is 0.855. The lowest BCUT2D eigenvalue weighted by Gasteiger charge is -2.32. The fourth-order valence-electron chi connectivity index (χ4n) is 2.31. The Bertz CT molecular complexity index is 310. The van der Waals surface area contributed by atoms with Crippen LogP contribution in [-0.2, 0) is 4.74 Å². The van der Waals surface area contributed by atoms with Crippen LogP contribution in [0.5, 0.6) is 0 Å². The Morgan fingerprint density at radius 2 is 2.06 bits per heavy atom. The average molecular weight is 235 g/mol. The van der Waals surface area contributed by atoms with Crippen LogP contribution >= 0.6 is 0 Å². The van der Waals surface area contributed by atoms with E-state index in [1.165, 1.54) is 12.0 Å². The highest BCUT2D eigenvalue weighted by Crippen LogP contribution is 2.20. The molecule has 0 amide bonds. The first kappa shape index (κ1) is 12.5. The Kier molecular flexibility index (Phi) is 4.91. The molecule has 1 aromatic heterocycles. The predicted molar refractivity (Wildman–Crippen MR) is 67.7 cm³/mol. The monoisotopic (exact) mass is 235 g/mol. The lowest BCUT2D eigenvalue weighted by molar-refractivity contribution is 0.0638. The molecule has 0 aromatic carbocycles. The van der Waals surface area contributed by atoms with E-state index in [1.807, 2.05) is 12.4 Å². The van der Waals surface area contributed by atoms with E-state index in [2.05, 4.69) is 22.0 Å². The predicted octanol–water partition coefficient (Wildman–Crippen LogP) is 1.19. The molecular weight excluding hydrogens is 214 g/mol. The van der Waals surface area contributed by atoms with Crippen LogP contribution in [0.1, 0.15) is 24.4 Å². The molecule has 1 fully saturated rings. The van der Waals surface area contributed by atoms with Gasteiger partial charge in [0.2, 0.25) is 0 Å². The van der Waals surface area contributed by atoms with E-state index < -0.39 is 0 Å². The highest BCUT2D eigenvalue weighted by molar-refractivity contribution is 5.15. The van der Waals surface area contributed by atoms with Crippen LogP contribution in [0.4, 0.5) is 0 Å². The number of aromatic nitrogens is 1. The molecule has 1 unspecified atom stereocenters. The minimum Gasteiger partial charge on any atom is -0.380 e. The maximum absolute atomic E-state index is 5.92. The summed E-state index contributed by atoms with van der Waals surface area (Å²) in [5.74, 6) is 0. The van der Waals surface area contributed by atoms with Crippen molar-refractivity contribution in [1.82, 2.24) is 9.88 Å². The van der Waals surface area contributed by atoms with Gasteiger partial charge in [-0.2, -0.15) is 0 Å². The molecule has 0 spiro atoms. The molecule has 1 atom stereocenters. The highest BCUT2D eigenvalue weighted by atomic mass is 16.5. The smallest absolute Gasteiger partial charge is 0.0593 e. The van der Waals surface area contributed by atoms with Gasteiger partial charge in [0, 0.05) is 38.1 Å². The first-order chi connectivity index (χ1) is 8.42. The summed E-state index contributed by atoms with van der Waals surface area (Å²) >= 11 is 0. The number of ether oxygens (including phenoxy) is 1. The Labute approximate surface area is 103 Å². The summed E-state index contributed by atoms with van der Waals surface area (Å²) < 4.78 is 5.54. The average Bonchev–Trinajstić information content (AvgIpc) is 2.34. The minimum atomic E-state index is 0.291. The second-order valence-corrected chi connectivity index (χ2v) is 4.39. The Hall–Kier alpha value is -0.970. The molecule has 0 bridgehead atoms. The molecule has 94 valence electrons. The first-order valence-corrected chi connectivity index (χ1v) is 6.33. The molecule has 17 heavy (non-hydrogen) atoms. The summed E-state index contributed by atoms with van der Waals surface area (Å²) in [4.78, 5) is 6.48. The fourth-order valence-corrected chi connectivity index (χ4v) is 2.31. The number of nitrogens with two attached hydrogens (primary N) is 1. The zero-order chi connectivity index (χ0) is 11.9. The number of hydrogen-bond acceptors (Lipinski definition) is 4. The van der Waals surface area contributed by atoms with Crippen molar-refractivity contribution in [2.45, 2.75) is 18.9 Å². The fraction of sp³-hybridized carbons (Fsp3) is 0.615. The molecular formula is C13H21N3O. The molecule has 1 aliphatic rings. The molecule has 0 radical (unpaired) electrons. The van der Waals surface area contributed by atoms with Crippen molar-refractivity contribution in [1.29, 1.82) is 0 Å². The molecule has 1 aromatic rings. The van der Waals surface area contributed by atoms with E-state index in [-0.39, 0.29) is 0 Å². The minimum absolute atomic E-state index is 0.291. The van der Waals surface area contributed by atoms with Gasteiger partial charge in [-0.25, -0.2) is 0 Å². The van der Waals surface area contributed by atoms with Crippen molar-refractivity contribution >= 4 is 0 Å². The van der Waals surface area contributed by atoms with Gasteiger partial charge < -0.3 is 10.5 Å². The van der Waals surface area contributed by atoms with E-state index in [9.17, 15) is 0 Å². The molecule has 2 N–H and O–H groups in total. The number of hydrogen-bond donors (Lipinski definition) is 1. The zero-order valence-corrected chi connectivity index (χ0v) is 10.2. The van der Waals surface area contributed by atoms with Crippen LogP contribution in [0.25, 0.3) is 0 Å². The molecule has 1 aliphatic heterocycles. The summed E-state index contributed by atoms with van der Waals surface area (Å²) in [5, 5.41) is 0. The van der Waals surface area contributed by atoms with Crippen molar-refractivity contribution in [3.8, 4) is 0 Å². The van der Waals surface area contributed by atoms with Crippen molar-refractivity contribution in [2.24, 2.45) is 5.73 Å². The summed E-state index contributed by atoms with van der Waals surface area (Å²) in [6.45, 7) is 4.42. The Morgan fingerprint density at radius 1 is 1.24 bits per heavy atom.